The molecule has 1 rings (SSSR count). The Morgan fingerprint density at radius 3 is 2.67 bits per heavy atom. The van der Waals surface area contributed by atoms with Gasteiger partial charge in [-0.25, -0.2) is 4.39 Å². The van der Waals surface area contributed by atoms with Crippen LogP contribution in [0.5, 0.6) is 0 Å². The van der Waals surface area contributed by atoms with E-state index in [9.17, 15) is 4.39 Å². The molecule has 0 fully saturated rings. The van der Waals surface area contributed by atoms with Crippen molar-refractivity contribution >= 4 is 5.69 Å². The summed E-state index contributed by atoms with van der Waals surface area (Å²) in [7, 11) is 3.69. The first-order valence-corrected chi connectivity index (χ1v) is 6.07. The smallest absolute Gasteiger partial charge is 0.130 e. The molecule has 18 heavy (non-hydrogen) atoms. The monoisotopic (exact) mass is 249 g/mol. The molecule has 1 N–H and O–H groups in total. The number of hydrogen-bond donors (Lipinski definition) is 1. The average molecular weight is 249 g/mol. The zero-order chi connectivity index (χ0) is 13.7. The Kier molecular flexibility index (Phi) is 5.11. The molecule has 1 aromatic rings. The van der Waals surface area contributed by atoms with Crippen LogP contribution in [-0.4, -0.2) is 20.6 Å². The molecule has 2 atom stereocenters. The molecule has 0 spiro atoms. The fourth-order valence-corrected chi connectivity index (χ4v) is 1.98. The van der Waals surface area contributed by atoms with Gasteiger partial charge < -0.3 is 10.2 Å². The van der Waals surface area contributed by atoms with Crippen molar-refractivity contribution in [3.05, 3.63) is 29.6 Å². The number of nitrogens with zero attached hydrogens (tertiary/aromatic N) is 2. The second-order valence-corrected chi connectivity index (χ2v) is 4.59. The Labute approximate surface area is 108 Å². The Bertz CT molecular complexity index is 439. The number of nitriles is 1. The molecule has 0 saturated heterocycles. The lowest BCUT2D eigenvalue weighted by Crippen LogP contribution is -2.26. The van der Waals surface area contributed by atoms with Crippen molar-refractivity contribution in [3.63, 3.8) is 0 Å². The van der Waals surface area contributed by atoms with Gasteiger partial charge in [0.15, 0.2) is 0 Å². The fourth-order valence-electron chi connectivity index (χ4n) is 1.98. The van der Waals surface area contributed by atoms with Crippen molar-refractivity contribution in [2.45, 2.75) is 19.9 Å². The number of halogens is 1. The molecule has 0 bridgehead atoms. The predicted molar refractivity (Wildman–Crippen MR) is 71.9 cm³/mol. The van der Waals surface area contributed by atoms with E-state index >= 15 is 0 Å². The number of anilines is 1. The fraction of sp³-hybridized carbons (Fsp3) is 0.500. The molecule has 3 nitrogen and oxygen atoms in total. The number of nitrogens with one attached hydrogen (secondary N) is 1. The summed E-state index contributed by atoms with van der Waals surface area (Å²) in [6.45, 7) is 4.36. The van der Waals surface area contributed by atoms with Crippen molar-refractivity contribution in [2.24, 2.45) is 5.92 Å². The normalized spacial score (nSPS) is 13.8. The molecule has 0 aliphatic carbocycles. The van der Waals surface area contributed by atoms with Gasteiger partial charge in [0, 0.05) is 30.9 Å². The van der Waals surface area contributed by atoms with Crippen LogP contribution in [0.2, 0.25) is 0 Å². The van der Waals surface area contributed by atoms with E-state index in [1.165, 1.54) is 6.07 Å². The van der Waals surface area contributed by atoms with Gasteiger partial charge in [-0.3, -0.25) is 0 Å². The molecule has 1 aromatic carbocycles. The first kappa shape index (κ1) is 14.5. The van der Waals surface area contributed by atoms with E-state index in [1.54, 1.807) is 13.1 Å². The summed E-state index contributed by atoms with van der Waals surface area (Å²) in [6, 6.07) is 7.17. The maximum absolute atomic E-state index is 13.9. The molecule has 0 aliphatic heterocycles. The average Bonchev–Trinajstić information content (AvgIpc) is 2.37. The summed E-state index contributed by atoms with van der Waals surface area (Å²) in [5, 5.41) is 11.9. The zero-order valence-corrected chi connectivity index (χ0v) is 11.4. The first-order chi connectivity index (χ1) is 8.51. The van der Waals surface area contributed by atoms with E-state index in [-0.39, 0.29) is 17.8 Å². The number of benzene rings is 1. The Balaban J connectivity index is 3.08. The molecule has 0 aliphatic rings. The molecule has 98 valence electrons. The molecular weight excluding hydrogens is 229 g/mol. The van der Waals surface area contributed by atoms with Gasteiger partial charge in [-0.2, -0.15) is 5.26 Å². The highest BCUT2D eigenvalue weighted by Crippen LogP contribution is 2.28. The zero-order valence-electron chi connectivity index (χ0n) is 11.4. The van der Waals surface area contributed by atoms with Gasteiger partial charge in [0.05, 0.1) is 12.0 Å². The molecule has 0 heterocycles. The molecule has 0 aromatic heterocycles. The third-order valence-electron chi connectivity index (χ3n) is 3.08. The Morgan fingerprint density at radius 1 is 1.44 bits per heavy atom. The van der Waals surface area contributed by atoms with E-state index in [1.807, 2.05) is 31.9 Å². The maximum atomic E-state index is 13.9. The maximum Gasteiger partial charge on any atom is 0.130 e. The second-order valence-electron chi connectivity index (χ2n) is 4.59. The van der Waals surface area contributed by atoms with Gasteiger partial charge in [0.2, 0.25) is 0 Å². The minimum atomic E-state index is -0.217. The summed E-state index contributed by atoms with van der Waals surface area (Å²) in [5.41, 5.74) is 1.48. The largest absolute Gasteiger partial charge is 0.373 e. The standard InChI is InChI=1S/C14H20FN3/c1-10(8-16)9-18(4)13-7-5-6-12(15)14(13)11(2)17-3/h5-7,10-11,17H,9H2,1-4H3. The minimum Gasteiger partial charge on any atom is -0.373 e. The van der Waals surface area contributed by atoms with Crippen LogP contribution in [0, 0.1) is 23.1 Å². The molecule has 2 unspecified atom stereocenters. The predicted octanol–water partition coefficient (Wildman–Crippen LogP) is 2.70. The van der Waals surface area contributed by atoms with Crippen LogP contribution in [0.15, 0.2) is 18.2 Å². The van der Waals surface area contributed by atoms with Gasteiger partial charge >= 0.3 is 0 Å². The molecule has 4 heteroatoms. The van der Waals surface area contributed by atoms with Crippen LogP contribution in [0.1, 0.15) is 25.5 Å². The topological polar surface area (TPSA) is 39.1 Å². The highest BCUT2D eigenvalue weighted by atomic mass is 19.1. The van der Waals surface area contributed by atoms with E-state index in [0.29, 0.717) is 12.1 Å². The SMILES string of the molecule is CNC(C)c1c(F)cccc1N(C)CC(C)C#N. The lowest BCUT2D eigenvalue weighted by molar-refractivity contribution is 0.559. The summed E-state index contributed by atoms with van der Waals surface area (Å²) >= 11 is 0. The van der Waals surface area contributed by atoms with Crippen molar-refractivity contribution in [3.8, 4) is 6.07 Å². The summed E-state index contributed by atoms with van der Waals surface area (Å²) in [4.78, 5) is 1.93. The third kappa shape index (κ3) is 3.21. The van der Waals surface area contributed by atoms with Crippen LogP contribution in [0.4, 0.5) is 10.1 Å². The van der Waals surface area contributed by atoms with Crippen LogP contribution >= 0.6 is 0 Å². The molecular formula is C14H20FN3. The van der Waals surface area contributed by atoms with Gasteiger partial charge in [-0.05, 0) is 33.0 Å². The highest BCUT2D eigenvalue weighted by Gasteiger charge is 2.17. The van der Waals surface area contributed by atoms with Crippen molar-refractivity contribution in [1.29, 1.82) is 5.26 Å². The summed E-state index contributed by atoms with van der Waals surface area (Å²) in [6.07, 6.45) is 0. The number of rotatable bonds is 5. The molecule has 0 amide bonds. The first-order valence-electron chi connectivity index (χ1n) is 6.07. The van der Waals surface area contributed by atoms with Crippen LogP contribution in [-0.2, 0) is 0 Å². The Morgan fingerprint density at radius 2 is 2.11 bits per heavy atom. The summed E-state index contributed by atoms with van der Waals surface area (Å²) in [5.74, 6) is -0.304. The lowest BCUT2D eigenvalue weighted by Gasteiger charge is -2.26. The van der Waals surface area contributed by atoms with E-state index in [0.717, 1.165) is 5.69 Å². The van der Waals surface area contributed by atoms with E-state index in [4.69, 9.17) is 5.26 Å². The molecule has 0 saturated carbocycles. The van der Waals surface area contributed by atoms with Gasteiger partial charge in [-0.15, -0.1) is 0 Å². The third-order valence-corrected chi connectivity index (χ3v) is 3.08. The van der Waals surface area contributed by atoms with E-state index < -0.39 is 0 Å². The lowest BCUT2D eigenvalue weighted by atomic mass is 10.0. The van der Waals surface area contributed by atoms with Gasteiger partial charge in [0.25, 0.3) is 0 Å². The van der Waals surface area contributed by atoms with Gasteiger partial charge in [-0.1, -0.05) is 6.07 Å². The van der Waals surface area contributed by atoms with Crippen LogP contribution < -0.4 is 10.2 Å². The van der Waals surface area contributed by atoms with Crippen LogP contribution in [0.25, 0.3) is 0 Å². The van der Waals surface area contributed by atoms with E-state index in [2.05, 4.69) is 11.4 Å². The minimum absolute atomic E-state index is 0.0685. The Hall–Kier alpha value is -1.60. The quantitative estimate of drug-likeness (QED) is 0.872. The van der Waals surface area contributed by atoms with Crippen molar-refractivity contribution < 1.29 is 4.39 Å². The highest BCUT2D eigenvalue weighted by molar-refractivity contribution is 5.55. The van der Waals surface area contributed by atoms with Crippen molar-refractivity contribution in [2.75, 3.05) is 25.5 Å². The second kappa shape index (κ2) is 6.36. The number of hydrogen-bond acceptors (Lipinski definition) is 3. The summed E-state index contributed by atoms with van der Waals surface area (Å²) < 4.78 is 13.9. The van der Waals surface area contributed by atoms with Gasteiger partial charge in [0.1, 0.15) is 5.82 Å². The van der Waals surface area contributed by atoms with Crippen molar-refractivity contribution in [1.82, 2.24) is 5.32 Å². The van der Waals surface area contributed by atoms with Crippen LogP contribution in [0.3, 0.4) is 0 Å². The molecule has 0 radical (unpaired) electrons.